The van der Waals surface area contributed by atoms with E-state index in [0.717, 1.165) is 36.4 Å². The smallest absolute Gasteiger partial charge is 0.449 e. The Morgan fingerprint density at radius 3 is 2.24 bits per heavy atom. The molecule has 0 aromatic carbocycles. The lowest BCUT2D eigenvalue weighted by Crippen LogP contribution is -2.31. The van der Waals surface area contributed by atoms with Crippen LogP contribution in [0.1, 0.15) is 79.4 Å². The van der Waals surface area contributed by atoms with Gasteiger partial charge in [0, 0.05) is 0 Å². The molecule has 1 aromatic heterocycles. The molecule has 11 heteroatoms. The third kappa shape index (κ3) is 13.1. The molecular weight excluding hydrogens is 449 g/mol. The van der Waals surface area contributed by atoms with E-state index >= 15 is 0 Å². The van der Waals surface area contributed by atoms with E-state index in [0.29, 0.717) is 32.0 Å². The van der Waals surface area contributed by atoms with Crippen LogP contribution < -0.4 is 11.0 Å². The first-order valence-electron chi connectivity index (χ1n) is 11.8. The van der Waals surface area contributed by atoms with Crippen molar-refractivity contribution in [1.82, 2.24) is 9.55 Å². The number of amides is 1. The molecule has 0 bridgehead atoms. The van der Waals surface area contributed by atoms with E-state index in [9.17, 15) is 18.8 Å². The normalized spacial score (nSPS) is 12.1. The van der Waals surface area contributed by atoms with Gasteiger partial charge in [-0.2, -0.15) is 4.98 Å². The first kappa shape index (κ1) is 31.3. The second kappa shape index (κ2) is 18.7. The summed E-state index contributed by atoms with van der Waals surface area (Å²) in [5.74, 6) is -0.932. The number of nitrogens with zero attached hydrogens (tertiary/aromatic N) is 2. The Bertz CT molecular complexity index is 773. The Hall–Kier alpha value is -2.69. The van der Waals surface area contributed by atoms with Gasteiger partial charge in [-0.1, -0.05) is 53.9 Å². The minimum Gasteiger partial charge on any atom is -0.449 e. The molecule has 0 radical (unpaired) electrons. The van der Waals surface area contributed by atoms with Gasteiger partial charge >= 0.3 is 17.9 Å². The Morgan fingerprint density at radius 2 is 1.71 bits per heavy atom. The highest BCUT2D eigenvalue weighted by atomic mass is 19.1. The van der Waals surface area contributed by atoms with Crippen LogP contribution in [-0.2, 0) is 18.9 Å². The summed E-state index contributed by atoms with van der Waals surface area (Å²) < 4.78 is 34.7. The van der Waals surface area contributed by atoms with E-state index in [1.54, 1.807) is 0 Å². The number of halogens is 1. The molecule has 0 fully saturated rings. The number of methoxy groups -OCH3 is 1. The van der Waals surface area contributed by atoms with Gasteiger partial charge in [-0.3, -0.25) is 9.88 Å². The SMILES string of the molecule is CCCCOC(=O)Nc1nc(=O)n([C@H](CC)OCC(C)CC)cc1F.CCCCOC(=O)OC. The highest BCUT2D eigenvalue weighted by Crippen LogP contribution is 2.16. The predicted octanol–water partition coefficient (Wildman–Crippen LogP) is 5.27. The fraction of sp³-hybridized carbons (Fsp3) is 0.739. The maximum atomic E-state index is 14.2. The lowest BCUT2D eigenvalue weighted by molar-refractivity contribution is -0.0203. The van der Waals surface area contributed by atoms with Crippen LogP contribution in [0.5, 0.6) is 0 Å². The first-order valence-corrected chi connectivity index (χ1v) is 11.8. The molecule has 1 heterocycles. The molecule has 34 heavy (non-hydrogen) atoms. The number of carbonyl (C=O) groups is 2. The molecule has 1 N–H and O–H groups in total. The number of hydrogen-bond acceptors (Lipinski definition) is 8. The van der Waals surface area contributed by atoms with Crippen molar-refractivity contribution in [3.05, 3.63) is 22.5 Å². The molecule has 1 aromatic rings. The van der Waals surface area contributed by atoms with Crippen molar-refractivity contribution in [1.29, 1.82) is 0 Å². The zero-order valence-electron chi connectivity index (χ0n) is 21.2. The molecule has 2 atom stereocenters. The van der Waals surface area contributed by atoms with E-state index in [2.05, 4.69) is 19.8 Å². The molecule has 1 amide bonds. The van der Waals surface area contributed by atoms with E-state index in [1.165, 1.54) is 7.11 Å². The zero-order chi connectivity index (χ0) is 25.9. The summed E-state index contributed by atoms with van der Waals surface area (Å²) in [6, 6.07) is 0. The third-order valence-electron chi connectivity index (χ3n) is 4.67. The summed E-state index contributed by atoms with van der Waals surface area (Å²) >= 11 is 0. The van der Waals surface area contributed by atoms with Gasteiger partial charge in [-0.05, 0) is 25.2 Å². The Kier molecular flexibility index (Phi) is 17.2. The van der Waals surface area contributed by atoms with Gasteiger partial charge in [-0.25, -0.2) is 18.8 Å². The standard InChI is InChI=1S/C17H28FN3O4.C6H12O3/c1-5-8-9-24-17(23)20-15-13(18)10-21(16(22)19-15)14(7-3)25-11-12(4)6-2;1-3-4-5-9-6(7)8-2/h10,12,14H,5-9,11H2,1-4H3,(H,19,20,22,23);3-5H2,1-2H3/t12?,14-;/m0./s1. The summed E-state index contributed by atoms with van der Waals surface area (Å²) in [5.41, 5.74) is -0.693. The van der Waals surface area contributed by atoms with Crippen molar-refractivity contribution in [2.75, 3.05) is 32.2 Å². The largest absolute Gasteiger partial charge is 0.507 e. The number of rotatable bonds is 13. The van der Waals surface area contributed by atoms with Crippen LogP contribution in [0, 0.1) is 11.7 Å². The zero-order valence-corrected chi connectivity index (χ0v) is 21.2. The summed E-state index contributed by atoms with van der Waals surface area (Å²) in [5, 5.41) is 2.15. The monoisotopic (exact) mass is 489 g/mol. The van der Waals surface area contributed by atoms with E-state index < -0.39 is 35.8 Å². The highest BCUT2D eigenvalue weighted by molar-refractivity contribution is 5.83. The van der Waals surface area contributed by atoms with Crippen molar-refractivity contribution in [3.63, 3.8) is 0 Å². The number of unbranched alkanes of at least 4 members (excludes halogenated alkanes) is 2. The molecular formula is C23H40FN3O7. The van der Waals surface area contributed by atoms with Gasteiger partial charge in [0.15, 0.2) is 11.6 Å². The molecule has 0 aliphatic carbocycles. The number of carbonyl (C=O) groups excluding carboxylic acids is 2. The average Bonchev–Trinajstić information content (AvgIpc) is 2.82. The summed E-state index contributed by atoms with van der Waals surface area (Å²) in [7, 11) is 1.30. The molecule has 0 saturated heterocycles. The number of ether oxygens (including phenoxy) is 4. The second-order valence-corrected chi connectivity index (χ2v) is 7.61. The van der Waals surface area contributed by atoms with Crippen molar-refractivity contribution in [3.8, 4) is 0 Å². The maximum Gasteiger partial charge on any atom is 0.507 e. The lowest BCUT2D eigenvalue weighted by Gasteiger charge is -2.21. The van der Waals surface area contributed by atoms with Crippen molar-refractivity contribution in [2.24, 2.45) is 5.92 Å². The minimum absolute atomic E-state index is 0.225. The van der Waals surface area contributed by atoms with Gasteiger partial charge in [0.05, 0.1) is 33.1 Å². The highest BCUT2D eigenvalue weighted by Gasteiger charge is 2.18. The number of anilines is 1. The maximum absolute atomic E-state index is 14.2. The van der Waals surface area contributed by atoms with Gasteiger partial charge in [0.1, 0.15) is 6.23 Å². The number of nitrogens with one attached hydrogen (secondary N) is 1. The van der Waals surface area contributed by atoms with Crippen LogP contribution in [-0.4, -0.2) is 48.7 Å². The second-order valence-electron chi connectivity index (χ2n) is 7.61. The minimum atomic E-state index is -0.836. The van der Waals surface area contributed by atoms with E-state index in [-0.39, 0.29) is 6.61 Å². The molecule has 1 rings (SSSR count). The van der Waals surface area contributed by atoms with Crippen LogP contribution in [0.2, 0.25) is 0 Å². The first-order chi connectivity index (χ1) is 16.2. The molecule has 196 valence electrons. The van der Waals surface area contributed by atoms with E-state index in [1.807, 2.05) is 34.6 Å². The lowest BCUT2D eigenvalue weighted by atomic mass is 10.1. The Morgan fingerprint density at radius 1 is 1.09 bits per heavy atom. The molecule has 0 spiro atoms. The summed E-state index contributed by atoms with van der Waals surface area (Å²) in [6.45, 7) is 11.0. The molecule has 0 aliphatic heterocycles. The summed E-state index contributed by atoms with van der Waals surface area (Å²) in [6.07, 6.45) is 3.90. The topological polar surface area (TPSA) is 118 Å². The van der Waals surface area contributed by atoms with Crippen LogP contribution >= 0.6 is 0 Å². The van der Waals surface area contributed by atoms with Gasteiger partial charge in [0.25, 0.3) is 0 Å². The fourth-order valence-electron chi connectivity index (χ4n) is 2.33. The van der Waals surface area contributed by atoms with Crippen molar-refractivity contribution >= 4 is 18.1 Å². The fourth-order valence-corrected chi connectivity index (χ4v) is 2.33. The van der Waals surface area contributed by atoms with Crippen LogP contribution in [0.4, 0.5) is 19.8 Å². The van der Waals surface area contributed by atoms with Gasteiger partial charge in [-0.15, -0.1) is 0 Å². The number of hydrogen-bond donors (Lipinski definition) is 1. The quantitative estimate of drug-likeness (QED) is 0.294. The van der Waals surface area contributed by atoms with Crippen LogP contribution in [0.15, 0.2) is 11.0 Å². The van der Waals surface area contributed by atoms with Crippen molar-refractivity contribution in [2.45, 2.75) is 79.4 Å². The predicted molar refractivity (Wildman–Crippen MR) is 126 cm³/mol. The van der Waals surface area contributed by atoms with Crippen molar-refractivity contribution < 1.29 is 32.9 Å². The van der Waals surface area contributed by atoms with Gasteiger partial charge < -0.3 is 18.9 Å². The number of aromatic nitrogens is 2. The van der Waals surface area contributed by atoms with Crippen LogP contribution in [0.25, 0.3) is 0 Å². The molecule has 1 unspecified atom stereocenters. The summed E-state index contributed by atoms with van der Waals surface area (Å²) in [4.78, 5) is 37.6. The Balaban J connectivity index is 0.00000102. The van der Waals surface area contributed by atoms with Gasteiger partial charge in [0.2, 0.25) is 0 Å². The molecule has 10 nitrogen and oxygen atoms in total. The average molecular weight is 490 g/mol. The third-order valence-corrected chi connectivity index (χ3v) is 4.67. The van der Waals surface area contributed by atoms with Crippen LogP contribution in [0.3, 0.4) is 0 Å². The Labute approximate surface area is 201 Å². The molecule has 0 aliphatic rings. The van der Waals surface area contributed by atoms with E-state index in [4.69, 9.17) is 9.47 Å². The molecule has 0 saturated carbocycles.